The van der Waals surface area contributed by atoms with Gasteiger partial charge in [-0.2, -0.15) is 0 Å². The molecule has 24 heavy (non-hydrogen) atoms. The molecule has 0 aliphatic carbocycles. The quantitative estimate of drug-likeness (QED) is 0.490. The van der Waals surface area contributed by atoms with Crippen molar-refractivity contribution in [2.24, 2.45) is 7.05 Å². The molecule has 0 atom stereocenters. The number of benzene rings is 1. The Kier molecular flexibility index (Phi) is 5.96. The van der Waals surface area contributed by atoms with Gasteiger partial charge in [-0.3, -0.25) is 0 Å². The van der Waals surface area contributed by atoms with Gasteiger partial charge in [0.2, 0.25) is 0 Å². The van der Waals surface area contributed by atoms with Crippen molar-refractivity contribution >= 4 is 17.7 Å². The standard InChI is InChI=1S/C22H34GeN/c1-9-18(10-2)20-15-24(8)22(14-21(20)23(5,6)7)19-12-11-16(3)13-17(19)4/h11-15,18H,9-10H2,1-8H3/q+1. The first-order valence-corrected chi connectivity index (χ1v) is 16.6. The van der Waals surface area contributed by atoms with Crippen molar-refractivity contribution in [2.45, 2.75) is 63.7 Å². The van der Waals surface area contributed by atoms with E-state index in [1.807, 2.05) is 0 Å². The Labute approximate surface area is 151 Å². The number of hydrogen-bond donors (Lipinski definition) is 0. The Bertz CT molecular complexity index is 721. The molecular weight excluding hydrogens is 351 g/mol. The third-order valence-electron chi connectivity index (χ3n) is 5.20. The monoisotopic (exact) mass is 386 g/mol. The molecule has 130 valence electrons. The number of aromatic nitrogens is 1. The molecule has 0 N–H and O–H groups in total. The Hall–Kier alpha value is -1.09. The van der Waals surface area contributed by atoms with Crippen molar-refractivity contribution in [1.29, 1.82) is 0 Å². The number of nitrogens with zero attached hydrogens (tertiary/aromatic N) is 1. The summed E-state index contributed by atoms with van der Waals surface area (Å²) in [5.41, 5.74) is 7.03. The van der Waals surface area contributed by atoms with E-state index < -0.39 is 13.3 Å². The number of rotatable bonds is 5. The van der Waals surface area contributed by atoms with Crippen LogP contribution in [0.1, 0.15) is 49.3 Å². The topological polar surface area (TPSA) is 3.88 Å². The fourth-order valence-electron chi connectivity index (χ4n) is 3.74. The molecule has 1 heterocycles. The summed E-state index contributed by atoms with van der Waals surface area (Å²) < 4.78 is 4.03. The molecule has 0 saturated carbocycles. The summed E-state index contributed by atoms with van der Waals surface area (Å²) >= 11 is -1.95. The molecule has 0 bridgehead atoms. The minimum absolute atomic E-state index is 0.684. The second-order valence-electron chi connectivity index (χ2n) is 8.22. The Balaban J connectivity index is 2.72. The van der Waals surface area contributed by atoms with Crippen molar-refractivity contribution in [1.82, 2.24) is 0 Å². The summed E-state index contributed by atoms with van der Waals surface area (Å²) in [5.74, 6) is 8.25. The van der Waals surface area contributed by atoms with Crippen LogP contribution in [-0.2, 0) is 7.05 Å². The van der Waals surface area contributed by atoms with E-state index in [9.17, 15) is 0 Å². The SMILES string of the molecule is CCC(CC)c1c[n+](C)c(-c2ccc(C)cc2C)c[c]1[Ge]([CH3])([CH3])[CH3]. The van der Waals surface area contributed by atoms with Gasteiger partial charge in [0.15, 0.2) is 0 Å². The van der Waals surface area contributed by atoms with Crippen molar-refractivity contribution in [2.75, 3.05) is 0 Å². The summed E-state index contributed by atoms with van der Waals surface area (Å²) in [4.78, 5) is 0. The Morgan fingerprint density at radius 3 is 2.12 bits per heavy atom. The summed E-state index contributed by atoms with van der Waals surface area (Å²) in [6, 6.07) is 9.33. The summed E-state index contributed by atoms with van der Waals surface area (Å²) in [7, 11) is 2.21. The van der Waals surface area contributed by atoms with E-state index in [4.69, 9.17) is 0 Å². The third kappa shape index (κ3) is 3.93. The van der Waals surface area contributed by atoms with Gasteiger partial charge in [-0.1, -0.05) is 0 Å². The van der Waals surface area contributed by atoms with E-state index in [2.05, 4.69) is 87.0 Å². The van der Waals surface area contributed by atoms with Crippen LogP contribution in [0, 0.1) is 13.8 Å². The van der Waals surface area contributed by atoms with E-state index in [0.717, 1.165) is 0 Å². The van der Waals surface area contributed by atoms with Gasteiger partial charge in [-0.05, 0) is 0 Å². The molecule has 0 amide bonds. The summed E-state index contributed by atoms with van der Waals surface area (Å²) in [6.07, 6.45) is 4.88. The first-order valence-electron chi connectivity index (χ1n) is 9.30. The molecule has 0 aliphatic heterocycles. The Morgan fingerprint density at radius 2 is 1.62 bits per heavy atom. The molecular formula is C22H34GeN+. The number of aryl methyl sites for hydroxylation is 3. The van der Waals surface area contributed by atoms with Crippen LogP contribution in [0.25, 0.3) is 11.3 Å². The van der Waals surface area contributed by atoms with Crippen LogP contribution in [0.5, 0.6) is 0 Å². The van der Waals surface area contributed by atoms with Crippen LogP contribution in [0.15, 0.2) is 30.5 Å². The van der Waals surface area contributed by atoms with Gasteiger partial charge in [-0.25, -0.2) is 0 Å². The molecule has 1 aromatic carbocycles. The van der Waals surface area contributed by atoms with Crippen LogP contribution in [-0.4, -0.2) is 13.3 Å². The van der Waals surface area contributed by atoms with Crippen LogP contribution < -0.4 is 8.96 Å². The molecule has 0 fully saturated rings. The molecule has 2 heteroatoms. The van der Waals surface area contributed by atoms with Gasteiger partial charge in [-0.15, -0.1) is 0 Å². The molecule has 0 saturated heterocycles. The molecule has 0 unspecified atom stereocenters. The van der Waals surface area contributed by atoms with E-state index in [0.29, 0.717) is 5.92 Å². The zero-order chi connectivity index (χ0) is 18.1. The molecule has 1 aromatic heterocycles. The van der Waals surface area contributed by atoms with Crippen molar-refractivity contribution in [3.8, 4) is 11.3 Å². The average Bonchev–Trinajstić information content (AvgIpc) is 2.48. The minimum atomic E-state index is -1.95. The predicted molar refractivity (Wildman–Crippen MR) is 109 cm³/mol. The van der Waals surface area contributed by atoms with Gasteiger partial charge >= 0.3 is 151 Å². The van der Waals surface area contributed by atoms with Crippen LogP contribution >= 0.6 is 0 Å². The third-order valence-corrected chi connectivity index (χ3v) is 9.50. The molecule has 2 aromatic rings. The van der Waals surface area contributed by atoms with E-state index >= 15 is 0 Å². The van der Waals surface area contributed by atoms with Crippen molar-refractivity contribution in [3.05, 3.63) is 47.2 Å². The van der Waals surface area contributed by atoms with E-state index in [1.54, 1.807) is 9.96 Å². The fraction of sp³-hybridized carbons (Fsp3) is 0.500. The second kappa shape index (κ2) is 7.43. The van der Waals surface area contributed by atoms with Gasteiger partial charge in [0.1, 0.15) is 0 Å². The maximum atomic E-state index is 2.52. The zero-order valence-electron chi connectivity index (χ0n) is 16.8. The van der Waals surface area contributed by atoms with Gasteiger partial charge in [0, 0.05) is 0 Å². The van der Waals surface area contributed by atoms with Crippen LogP contribution in [0.3, 0.4) is 0 Å². The van der Waals surface area contributed by atoms with E-state index in [1.165, 1.54) is 35.2 Å². The molecule has 0 spiro atoms. The van der Waals surface area contributed by atoms with Crippen molar-refractivity contribution in [3.63, 3.8) is 0 Å². The van der Waals surface area contributed by atoms with E-state index in [-0.39, 0.29) is 0 Å². The Morgan fingerprint density at radius 1 is 1.00 bits per heavy atom. The molecule has 0 radical (unpaired) electrons. The van der Waals surface area contributed by atoms with Crippen molar-refractivity contribution < 1.29 is 4.57 Å². The number of pyridine rings is 1. The first-order chi connectivity index (χ1) is 11.2. The van der Waals surface area contributed by atoms with Gasteiger partial charge in [0.05, 0.1) is 0 Å². The zero-order valence-corrected chi connectivity index (χ0v) is 18.9. The van der Waals surface area contributed by atoms with Crippen LogP contribution in [0.4, 0.5) is 0 Å². The predicted octanol–water partition coefficient (Wildman–Crippen LogP) is 5.24. The molecule has 1 nitrogen and oxygen atoms in total. The second-order valence-corrected chi connectivity index (χ2v) is 18.8. The maximum absolute atomic E-state index is 2.52. The average molecular weight is 385 g/mol. The fourth-order valence-corrected chi connectivity index (χ4v) is 7.32. The number of hydrogen-bond acceptors (Lipinski definition) is 0. The van der Waals surface area contributed by atoms with Gasteiger partial charge in [0.25, 0.3) is 0 Å². The van der Waals surface area contributed by atoms with Gasteiger partial charge < -0.3 is 0 Å². The molecule has 2 rings (SSSR count). The van der Waals surface area contributed by atoms with Crippen LogP contribution in [0.2, 0.25) is 17.3 Å². The first kappa shape index (κ1) is 19.2. The molecule has 0 aliphatic rings. The normalized spacial score (nSPS) is 12.0. The summed E-state index contributed by atoms with van der Waals surface area (Å²) in [6.45, 7) is 9.05. The summed E-state index contributed by atoms with van der Waals surface area (Å²) in [5, 5.41) is 0.